The van der Waals surface area contributed by atoms with Gasteiger partial charge in [-0.05, 0) is 87.5 Å². The highest BCUT2D eigenvalue weighted by molar-refractivity contribution is 6.12. The second-order valence-electron chi connectivity index (χ2n) is 14.6. The summed E-state index contributed by atoms with van der Waals surface area (Å²) in [6.45, 7) is 10.9. The molecule has 0 spiro atoms. The molecule has 6 aromatic carbocycles. The number of halogens is 2. The van der Waals surface area contributed by atoms with Crippen LogP contribution in [-0.2, 0) is 5.41 Å². The van der Waals surface area contributed by atoms with Gasteiger partial charge in [-0.15, -0.1) is 0 Å². The van der Waals surface area contributed by atoms with Crippen LogP contribution in [0.15, 0.2) is 127 Å². The Morgan fingerprint density at radius 2 is 1.10 bits per heavy atom. The van der Waals surface area contributed by atoms with Gasteiger partial charge in [0.15, 0.2) is 11.6 Å². The molecule has 1 heterocycles. The number of phenolic OH excluding ortho intramolecular Hbond substituents is 1. The number of fused-ring (bicyclic) bond motifs is 3. The van der Waals surface area contributed by atoms with Gasteiger partial charge in [-0.25, -0.2) is 8.78 Å². The SMILES string of the molecule is CC(C)(C)CC(C)(C)c1cc(-c2cccc(F)c2F)c(O)c(-n2c3ccc(-c4ccccc4)cc3c3cc(-c4ccccc4)ccc32)c1. The molecule has 0 aliphatic carbocycles. The zero-order valence-corrected chi connectivity index (χ0v) is 28.0. The van der Waals surface area contributed by atoms with E-state index in [1.165, 1.54) is 12.1 Å². The third-order valence-corrected chi connectivity index (χ3v) is 9.31. The van der Waals surface area contributed by atoms with E-state index < -0.39 is 11.6 Å². The fourth-order valence-corrected chi connectivity index (χ4v) is 7.43. The zero-order valence-electron chi connectivity index (χ0n) is 28.0. The first-order valence-electron chi connectivity index (χ1n) is 16.4. The number of benzene rings is 6. The van der Waals surface area contributed by atoms with E-state index in [0.717, 1.165) is 62.1 Å². The maximum atomic E-state index is 15.5. The Morgan fingerprint density at radius 3 is 1.62 bits per heavy atom. The van der Waals surface area contributed by atoms with Crippen molar-refractivity contribution in [2.45, 2.75) is 46.5 Å². The molecule has 2 nitrogen and oxygen atoms in total. The Morgan fingerprint density at radius 1 is 0.562 bits per heavy atom. The first-order chi connectivity index (χ1) is 22.9. The van der Waals surface area contributed by atoms with Crippen molar-refractivity contribution < 1.29 is 13.9 Å². The Labute approximate surface area is 280 Å². The standard InChI is InChI=1S/C44H39F2NO/c1-43(2,3)27-44(4,5)32-25-36(33-17-12-18-37(45)41(33)46)42(48)40(26-32)47-38-21-19-30(28-13-8-6-9-14-28)23-34(38)35-24-31(20-22-39(35)47)29-15-10-7-11-16-29/h6-26,48H,27H2,1-5H3. The molecule has 0 saturated heterocycles. The summed E-state index contributed by atoms with van der Waals surface area (Å²) in [5.74, 6) is -2.04. The lowest BCUT2D eigenvalue weighted by molar-refractivity contribution is 0.284. The van der Waals surface area contributed by atoms with E-state index in [4.69, 9.17) is 0 Å². The van der Waals surface area contributed by atoms with E-state index in [9.17, 15) is 9.50 Å². The highest BCUT2D eigenvalue weighted by Gasteiger charge is 2.30. The van der Waals surface area contributed by atoms with Crippen molar-refractivity contribution in [3.8, 4) is 44.8 Å². The third-order valence-electron chi connectivity index (χ3n) is 9.31. The molecule has 1 N–H and O–H groups in total. The minimum absolute atomic E-state index is 0.000337. The first kappa shape index (κ1) is 31.4. The van der Waals surface area contributed by atoms with Crippen LogP contribution in [0.5, 0.6) is 5.75 Å². The number of nitrogens with zero attached hydrogens (tertiary/aromatic N) is 1. The molecule has 4 heteroatoms. The van der Waals surface area contributed by atoms with E-state index in [-0.39, 0.29) is 27.7 Å². The van der Waals surface area contributed by atoms with Crippen molar-refractivity contribution in [2.75, 3.05) is 0 Å². The van der Waals surface area contributed by atoms with Gasteiger partial charge in [0.25, 0.3) is 0 Å². The monoisotopic (exact) mass is 635 g/mol. The van der Waals surface area contributed by atoms with Crippen LogP contribution < -0.4 is 0 Å². The van der Waals surface area contributed by atoms with Crippen molar-refractivity contribution in [3.63, 3.8) is 0 Å². The van der Waals surface area contributed by atoms with Crippen molar-refractivity contribution in [1.29, 1.82) is 0 Å². The minimum atomic E-state index is -0.980. The van der Waals surface area contributed by atoms with E-state index in [2.05, 4.69) is 99.8 Å². The summed E-state index contributed by atoms with van der Waals surface area (Å²) in [5, 5.41) is 14.2. The topological polar surface area (TPSA) is 25.2 Å². The molecule has 0 atom stereocenters. The normalized spacial score (nSPS) is 12.2. The molecule has 48 heavy (non-hydrogen) atoms. The van der Waals surface area contributed by atoms with Crippen LogP contribution >= 0.6 is 0 Å². The fourth-order valence-electron chi connectivity index (χ4n) is 7.43. The third kappa shape index (κ3) is 5.66. The number of phenols is 1. The predicted octanol–water partition coefficient (Wildman–Crippen LogP) is 12.5. The summed E-state index contributed by atoms with van der Waals surface area (Å²) in [7, 11) is 0. The molecule has 0 bridgehead atoms. The Balaban J connectivity index is 1.57. The number of aromatic hydroxyl groups is 1. The van der Waals surface area contributed by atoms with Gasteiger partial charge in [-0.2, -0.15) is 0 Å². The molecular formula is C44H39F2NO. The van der Waals surface area contributed by atoms with Crippen LogP contribution in [0, 0.1) is 17.0 Å². The second-order valence-corrected chi connectivity index (χ2v) is 14.6. The van der Waals surface area contributed by atoms with Gasteiger partial charge in [0, 0.05) is 21.9 Å². The van der Waals surface area contributed by atoms with Crippen LogP contribution in [0.2, 0.25) is 0 Å². The fraction of sp³-hybridized carbons (Fsp3) is 0.182. The lowest BCUT2D eigenvalue weighted by Gasteiger charge is -2.34. The molecule has 0 fully saturated rings. The number of hydrogen-bond donors (Lipinski definition) is 1. The summed E-state index contributed by atoms with van der Waals surface area (Å²) < 4.78 is 32.2. The molecule has 0 saturated carbocycles. The van der Waals surface area contributed by atoms with Crippen molar-refractivity contribution in [2.24, 2.45) is 5.41 Å². The highest BCUT2D eigenvalue weighted by Crippen LogP contribution is 2.46. The van der Waals surface area contributed by atoms with Gasteiger partial charge >= 0.3 is 0 Å². The van der Waals surface area contributed by atoms with Gasteiger partial charge < -0.3 is 9.67 Å². The molecular weight excluding hydrogens is 596 g/mol. The summed E-state index contributed by atoms with van der Waals surface area (Å²) in [6.07, 6.45) is 0.837. The largest absolute Gasteiger partial charge is 0.505 e. The summed E-state index contributed by atoms with van der Waals surface area (Å²) in [6, 6.07) is 41.3. The number of rotatable bonds is 6. The molecule has 240 valence electrons. The lowest BCUT2D eigenvalue weighted by atomic mass is 9.71. The molecule has 0 aliphatic rings. The van der Waals surface area contributed by atoms with E-state index >= 15 is 4.39 Å². The van der Waals surface area contributed by atoms with Crippen molar-refractivity contribution in [1.82, 2.24) is 4.57 Å². The quantitative estimate of drug-likeness (QED) is 0.193. The lowest BCUT2D eigenvalue weighted by Crippen LogP contribution is -2.25. The molecule has 0 aliphatic heterocycles. The molecule has 0 amide bonds. The number of aromatic nitrogens is 1. The van der Waals surface area contributed by atoms with Crippen molar-refractivity contribution in [3.05, 3.63) is 145 Å². The maximum absolute atomic E-state index is 15.5. The highest BCUT2D eigenvalue weighted by atomic mass is 19.2. The predicted molar refractivity (Wildman–Crippen MR) is 196 cm³/mol. The van der Waals surface area contributed by atoms with Crippen LogP contribution in [0.1, 0.15) is 46.6 Å². The zero-order chi connectivity index (χ0) is 33.8. The molecule has 0 unspecified atom stereocenters. The maximum Gasteiger partial charge on any atom is 0.166 e. The molecule has 1 aromatic heterocycles. The summed E-state index contributed by atoms with van der Waals surface area (Å²) >= 11 is 0. The van der Waals surface area contributed by atoms with Gasteiger partial charge in [0.1, 0.15) is 5.75 Å². The Kier molecular flexibility index (Phi) is 7.71. The van der Waals surface area contributed by atoms with Crippen LogP contribution in [0.25, 0.3) is 60.9 Å². The average Bonchev–Trinajstić information content (AvgIpc) is 3.39. The molecule has 7 rings (SSSR count). The summed E-state index contributed by atoms with van der Waals surface area (Å²) in [5.41, 5.74) is 7.59. The second kappa shape index (κ2) is 11.8. The van der Waals surface area contributed by atoms with Crippen molar-refractivity contribution >= 4 is 21.8 Å². The van der Waals surface area contributed by atoms with E-state index in [1.54, 1.807) is 0 Å². The Bertz CT molecular complexity index is 2200. The smallest absolute Gasteiger partial charge is 0.166 e. The molecule has 7 aromatic rings. The van der Waals surface area contributed by atoms with E-state index in [1.807, 2.05) is 48.5 Å². The van der Waals surface area contributed by atoms with Gasteiger partial charge in [-0.1, -0.05) is 120 Å². The van der Waals surface area contributed by atoms with Gasteiger partial charge in [-0.3, -0.25) is 0 Å². The number of hydrogen-bond acceptors (Lipinski definition) is 1. The van der Waals surface area contributed by atoms with Gasteiger partial charge in [0.05, 0.1) is 16.7 Å². The Hall–Kier alpha value is -5.22. The first-order valence-corrected chi connectivity index (χ1v) is 16.4. The summed E-state index contributed by atoms with van der Waals surface area (Å²) in [4.78, 5) is 0. The van der Waals surface area contributed by atoms with Crippen LogP contribution in [0.3, 0.4) is 0 Å². The van der Waals surface area contributed by atoms with Gasteiger partial charge in [0.2, 0.25) is 0 Å². The minimum Gasteiger partial charge on any atom is -0.505 e. The van der Waals surface area contributed by atoms with Crippen LogP contribution in [0.4, 0.5) is 8.78 Å². The average molecular weight is 636 g/mol. The molecule has 0 radical (unpaired) electrons. The van der Waals surface area contributed by atoms with E-state index in [0.29, 0.717) is 5.69 Å². The van der Waals surface area contributed by atoms with Crippen LogP contribution in [-0.4, -0.2) is 9.67 Å².